The van der Waals surface area contributed by atoms with Crippen LogP contribution in [0.1, 0.15) is 74.9 Å². The second-order valence-electron chi connectivity index (χ2n) is 15.6. The van der Waals surface area contributed by atoms with Gasteiger partial charge in [0.15, 0.2) is 23.4 Å². The summed E-state index contributed by atoms with van der Waals surface area (Å²) in [6, 6.07) is 15.0. The Balaban J connectivity index is 1.28. The largest absolute Gasteiger partial charge is 0.469 e. The highest BCUT2D eigenvalue weighted by atomic mass is 31.2. The van der Waals surface area contributed by atoms with Gasteiger partial charge in [0.1, 0.15) is 28.8 Å². The summed E-state index contributed by atoms with van der Waals surface area (Å²) in [6.07, 6.45) is 2.54. The van der Waals surface area contributed by atoms with E-state index in [9.17, 15) is 29.0 Å². The molecule has 3 aromatic carbocycles. The van der Waals surface area contributed by atoms with E-state index in [1.807, 2.05) is 56.3 Å². The van der Waals surface area contributed by atoms with Gasteiger partial charge in [-0.1, -0.05) is 70.2 Å². The lowest BCUT2D eigenvalue weighted by atomic mass is 9.72. The molecule has 3 unspecified atom stereocenters. The van der Waals surface area contributed by atoms with Crippen molar-refractivity contribution in [2.75, 3.05) is 5.32 Å². The molecule has 292 valence electrons. The van der Waals surface area contributed by atoms with Crippen LogP contribution in [0.3, 0.4) is 0 Å². The second-order valence-corrected chi connectivity index (χ2v) is 17.0. The molecule has 10 bridgehead atoms. The number of ether oxygens (including phenoxy) is 1. The number of carbonyl (C=O) groups is 2. The predicted octanol–water partition coefficient (Wildman–Crippen LogP) is 5.76. The molecule has 16 heteroatoms. The number of hydrogen-bond donors (Lipinski definition) is 6. The van der Waals surface area contributed by atoms with E-state index < -0.39 is 48.9 Å². The van der Waals surface area contributed by atoms with Gasteiger partial charge in [0.2, 0.25) is 17.7 Å². The minimum absolute atomic E-state index is 0.0831. The Morgan fingerprint density at radius 3 is 2.58 bits per heavy atom. The van der Waals surface area contributed by atoms with Gasteiger partial charge < -0.3 is 44.4 Å². The monoisotopic (exact) mass is 790 g/mol. The van der Waals surface area contributed by atoms with E-state index in [2.05, 4.69) is 16.0 Å². The number of nitrogens with zero attached hydrogens (tertiary/aromatic N) is 3. The van der Waals surface area contributed by atoms with Crippen LogP contribution in [0.15, 0.2) is 75.8 Å². The van der Waals surface area contributed by atoms with Crippen molar-refractivity contribution in [2.45, 2.75) is 76.3 Å². The number of benzene rings is 3. The van der Waals surface area contributed by atoms with Crippen LogP contribution in [-0.2, 0) is 26.0 Å². The molecule has 10 rings (SSSR count). The van der Waals surface area contributed by atoms with Gasteiger partial charge in [-0.15, -0.1) is 0 Å². The van der Waals surface area contributed by atoms with Crippen LogP contribution < -0.4 is 20.7 Å². The minimum atomic E-state index is -4.82. The van der Waals surface area contributed by atoms with Crippen molar-refractivity contribution in [1.82, 2.24) is 24.9 Å². The number of aromatic nitrogens is 3. The number of aliphatic hydroxyl groups is 1. The Bertz CT molecular complexity index is 2740. The standard InChI is InChI=1S/C41H39N6O9P/c1-5-40(50,6-2)38(49)43-26-16-20-13-14-28-25(15-20)41-24-11-7-10-22(32(24)46-39(41)55-28)21-9-8-12-27-30(21)23(18-47(27)57(51,52)53)29-17-42-36(54-29)33-34(41)56-37(45-33)31(19(3)4)44-35(26)48/h7-15,17-19,26,31,39,46,50H,5-6,16H2,1-4H3,(H,43,49)(H,44,48)(H2,51,52,53)/t26-,31?,39?,41?/m0/s1. The summed E-state index contributed by atoms with van der Waals surface area (Å²) in [4.78, 5) is 58.6. The molecule has 6 N–H and O–H groups in total. The maximum absolute atomic E-state index is 14.3. The van der Waals surface area contributed by atoms with Crippen LogP contribution in [0.4, 0.5) is 5.69 Å². The molecule has 0 aliphatic carbocycles. The normalized spacial score (nSPS) is 21.6. The maximum atomic E-state index is 14.3. The third-order valence-electron chi connectivity index (χ3n) is 12.1. The molecule has 4 aliphatic rings. The summed E-state index contributed by atoms with van der Waals surface area (Å²) >= 11 is 0. The van der Waals surface area contributed by atoms with Gasteiger partial charge in [0.05, 0.1) is 11.7 Å². The van der Waals surface area contributed by atoms with Gasteiger partial charge in [0.25, 0.3) is 5.91 Å². The summed E-state index contributed by atoms with van der Waals surface area (Å²) in [5.74, 6) is 0.0506. The van der Waals surface area contributed by atoms with E-state index >= 15 is 0 Å². The van der Waals surface area contributed by atoms with Crippen molar-refractivity contribution in [1.29, 1.82) is 0 Å². The Kier molecular flexibility index (Phi) is 7.60. The molecule has 3 aromatic heterocycles. The molecule has 0 fully saturated rings. The zero-order chi connectivity index (χ0) is 39.8. The van der Waals surface area contributed by atoms with Gasteiger partial charge in [-0.05, 0) is 42.0 Å². The van der Waals surface area contributed by atoms with Crippen molar-refractivity contribution >= 4 is 36.2 Å². The van der Waals surface area contributed by atoms with Crippen molar-refractivity contribution in [3.63, 3.8) is 0 Å². The fraction of sp³-hybridized carbons (Fsp3) is 0.317. The molecule has 15 nitrogen and oxygen atoms in total. The fourth-order valence-electron chi connectivity index (χ4n) is 9.01. The summed E-state index contributed by atoms with van der Waals surface area (Å²) < 4.78 is 34.1. The topological polar surface area (TPSA) is 214 Å². The number of fused-ring (bicyclic) bond motifs is 7. The number of nitrogens with one attached hydrogen (secondary N) is 3. The van der Waals surface area contributed by atoms with Crippen LogP contribution in [0, 0.1) is 5.92 Å². The lowest BCUT2D eigenvalue weighted by Gasteiger charge is -2.30. The highest BCUT2D eigenvalue weighted by Crippen LogP contribution is 2.62. The highest BCUT2D eigenvalue weighted by Gasteiger charge is 2.61. The third kappa shape index (κ3) is 4.92. The summed E-state index contributed by atoms with van der Waals surface area (Å²) in [6.45, 7) is 7.28. The Morgan fingerprint density at radius 1 is 1.05 bits per heavy atom. The molecule has 6 aromatic rings. The van der Waals surface area contributed by atoms with Gasteiger partial charge in [-0.3, -0.25) is 13.9 Å². The zero-order valence-electron chi connectivity index (χ0n) is 31.4. The van der Waals surface area contributed by atoms with Crippen LogP contribution in [0.2, 0.25) is 0 Å². The third-order valence-corrected chi connectivity index (χ3v) is 13.0. The van der Waals surface area contributed by atoms with Crippen molar-refractivity contribution in [2.24, 2.45) is 5.92 Å². The number of amides is 2. The quantitative estimate of drug-likeness (QED) is 0.111. The number of carbonyl (C=O) groups excluding carboxylic acids is 2. The predicted molar refractivity (Wildman–Crippen MR) is 207 cm³/mol. The molecule has 0 saturated carbocycles. The van der Waals surface area contributed by atoms with E-state index in [4.69, 9.17) is 23.5 Å². The Hall–Kier alpha value is -5.73. The highest BCUT2D eigenvalue weighted by molar-refractivity contribution is 7.50. The van der Waals surface area contributed by atoms with Gasteiger partial charge in [-0.2, -0.15) is 0 Å². The maximum Gasteiger partial charge on any atom is 0.434 e. The number of para-hydroxylation sites is 1. The van der Waals surface area contributed by atoms with Crippen molar-refractivity contribution in [3.8, 4) is 39.8 Å². The molecule has 2 amide bonds. The first-order valence-electron chi connectivity index (χ1n) is 19.0. The average molecular weight is 791 g/mol. The Morgan fingerprint density at radius 2 is 1.82 bits per heavy atom. The van der Waals surface area contributed by atoms with Crippen molar-refractivity contribution < 1.29 is 42.6 Å². The molecular formula is C41H39N6O9P. The Labute approximate surface area is 325 Å². The molecule has 7 heterocycles. The molecule has 4 aliphatic heterocycles. The second kappa shape index (κ2) is 12.1. The first-order chi connectivity index (χ1) is 27.3. The lowest BCUT2D eigenvalue weighted by molar-refractivity contribution is -0.143. The van der Waals surface area contributed by atoms with Gasteiger partial charge in [0, 0.05) is 45.9 Å². The number of hydrogen-bond acceptors (Lipinski definition) is 10. The van der Waals surface area contributed by atoms with E-state index in [1.165, 1.54) is 12.4 Å². The molecule has 57 heavy (non-hydrogen) atoms. The van der Waals surface area contributed by atoms with E-state index in [0.717, 1.165) is 32.3 Å². The number of oxazole rings is 2. The molecule has 4 atom stereocenters. The van der Waals surface area contributed by atoms with Gasteiger partial charge in [-0.25, -0.2) is 14.5 Å². The molecule has 1 spiro atoms. The van der Waals surface area contributed by atoms with Crippen molar-refractivity contribution in [3.05, 3.63) is 95.3 Å². The average Bonchev–Trinajstić information content (AvgIpc) is 4.01. The summed E-state index contributed by atoms with van der Waals surface area (Å²) in [5, 5.41) is 21.3. The molecule has 0 radical (unpaired) electrons. The van der Waals surface area contributed by atoms with Gasteiger partial charge >= 0.3 is 7.75 Å². The summed E-state index contributed by atoms with van der Waals surface area (Å²) in [5.41, 5.74) is 2.49. The number of anilines is 1. The first-order valence-corrected chi connectivity index (χ1v) is 20.6. The molecule has 0 saturated heterocycles. The van der Waals surface area contributed by atoms with E-state index in [-0.39, 0.29) is 48.4 Å². The van der Waals surface area contributed by atoms with Crippen LogP contribution >= 0.6 is 7.75 Å². The fourth-order valence-corrected chi connectivity index (χ4v) is 9.73. The van der Waals surface area contributed by atoms with Crippen LogP contribution in [0.5, 0.6) is 5.75 Å². The van der Waals surface area contributed by atoms with Crippen LogP contribution in [-0.4, -0.2) is 58.9 Å². The van der Waals surface area contributed by atoms with Crippen LogP contribution in [0.25, 0.3) is 44.9 Å². The first kappa shape index (κ1) is 35.7. The van der Waals surface area contributed by atoms with E-state index in [1.54, 1.807) is 26.0 Å². The summed E-state index contributed by atoms with van der Waals surface area (Å²) in [7, 11) is -4.82. The lowest BCUT2D eigenvalue weighted by Crippen LogP contribution is -2.55. The molecular weight excluding hydrogens is 751 g/mol. The SMILES string of the molecule is CCC(O)(CC)C(=O)N[C@H]1Cc2ccc3c(c2)C24c5cccc(c5NC2O3)-c2cccc3c2c(cn3P(=O)(O)O)-c2cnc(o2)-c2nc(oc24)C(C(C)C)NC1=O. The number of rotatable bonds is 6. The smallest absolute Gasteiger partial charge is 0.434 e. The zero-order valence-corrected chi connectivity index (χ0v) is 32.3. The van der Waals surface area contributed by atoms with E-state index in [0.29, 0.717) is 33.5 Å². The minimum Gasteiger partial charge on any atom is -0.469 e.